The van der Waals surface area contributed by atoms with Crippen LogP contribution < -0.4 is 0 Å². The minimum atomic E-state index is -0.981. The smallest absolute Gasteiger partial charge is 0.327 e. The summed E-state index contributed by atoms with van der Waals surface area (Å²) in [6.07, 6.45) is 1.64. The fourth-order valence-corrected chi connectivity index (χ4v) is 0.449. The van der Waals surface area contributed by atoms with Crippen LogP contribution in [-0.2, 0) is 14.3 Å². The van der Waals surface area contributed by atoms with E-state index in [0.29, 0.717) is 6.42 Å². The summed E-state index contributed by atoms with van der Waals surface area (Å²) in [5.74, 6) is -1.05. The molecule has 0 saturated carbocycles. The summed E-state index contributed by atoms with van der Waals surface area (Å²) < 4.78 is 4.50. The van der Waals surface area contributed by atoms with Crippen molar-refractivity contribution in [2.45, 2.75) is 19.4 Å². The van der Waals surface area contributed by atoms with Crippen LogP contribution in [0.15, 0.2) is 12.7 Å². The van der Waals surface area contributed by atoms with Crippen LogP contribution in [0.5, 0.6) is 0 Å². The number of ether oxygens (including phenoxy) is 1. The zero-order valence-corrected chi connectivity index (χ0v) is 6.24. The summed E-state index contributed by atoms with van der Waals surface area (Å²) in [6.45, 7) is 4.84. The molecule has 1 atom stereocenters. The Morgan fingerprint density at radius 3 is 2.27 bits per heavy atom. The van der Waals surface area contributed by atoms with E-state index in [2.05, 4.69) is 11.3 Å². The monoisotopic (exact) mass is 158 g/mol. The van der Waals surface area contributed by atoms with Crippen molar-refractivity contribution in [1.82, 2.24) is 0 Å². The molecular weight excluding hydrogens is 148 g/mol. The Bertz CT molecular complexity index is 165. The first-order chi connectivity index (χ1) is 5.06. The molecule has 62 valence electrons. The molecule has 1 fully saturated rings. The SMILES string of the molecule is C=CC(=O)O.CC1CC(=O)O1. The third kappa shape index (κ3) is 5.14. The fraction of sp³-hybridized carbons (Fsp3) is 0.429. The number of carboxylic acid groups (broad SMARTS) is 1. The number of esters is 1. The molecule has 1 rings (SSSR count). The third-order valence-electron chi connectivity index (χ3n) is 0.961. The number of hydrogen-bond donors (Lipinski definition) is 1. The van der Waals surface area contributed by atoms with E-state index in [9.17, 15) is 9.59 Å². The van der Waals surface area contributed by atoms with Gasteiger partial charge < -0.3 is 9.84 Å². The van der Waals surface area contributed by atoms with Gasteiger partial charge in [-0.05, 0) is 6.92 Å². The van der Waals surface area contributed by atoms with Crippen LogP contribution in [0, 0.1) is 0 Å². The molecular formula is C7H10O4. The van der Waals surface area contributed by atoms with Crippen molar-refractivity contribution in [3.8, 4) is 0 Å². The Balaban J connectivity index is 0.000000187. The second-order valence-electron chi connectivity index (χ2n) is 2.05. The van der Waals surface area contributed by atoms with Crippen LogP contribution in [0.1, 0.15) is 13.3 Å². The molecule has 0 amide bonds. The van der Waals surface area contributed by atoms with E-state index < -0.39 is 5.97 Å². The van der Waals surface area contributed by atoms with E-state index in [1.165, 1.54) is 0 Å². The Kier molecular flexibility index (Phi) is 3.95. The highest BCUT2D eigenvalue weighted by molar-refractivity contribution is 5.78. The van der Waals surface area contributed by atoms with Crippen molar-refractivity contribution >= 4 is 11.9 Å². The van der Waals surface area contributed by atoms with Gasteiger partial charge >= 0.3 is 11.9 Å². The van der Waals surface area contributed by atoms with Crippen LogP contribution in [0.2, 0.25) is 0 Å². The molecule has 0 bridgehead atoms. The molecule has 11 heavy (non-hydrogen) atoms. The molecule has 1 aliphatic heterocycles. The van der Waals surface area contributed by atoms with Crippen LogP contribution in [-0.4, -0.2) is 23.1 Å². The lowest BCUT2D eigenvalue weighted by Crippen LogP contribution is -2.29. The molecule has 1 unspecified atom stereocenters. The number of carbonyl (C=O) groups is 2. The molecule has 1 saturated heterocycles. The van der Waals surface area contributed by atoms with Gasteiger partial charge in [-0.2, -0.15) is 0 Å². The summed E-state index contributed by atoms with van der Waals surface area (Å²) in [5.41, 5.74) is 0. The summed E-state index contributed by atoms with van der Waals surface area (Å²) in [5, 5.41) is 7.60. The van der Waals surface area contributed by atoms with E-state index in [4.69, 9.17) is 5.11 Å². The third-order valence-corrected chi connectivity index (χ3v) is 0.961. The lowest BCUT2D eigenvalue weighted by molar-refractivity contribution is -0.167. The molecule has 1 aliphatic rings. The maximum atomic E-state index is 9.89. The van der Waals surface area contributed by atoms with Crippen molar-refractivity contribution in [3.63, 3.8) is 0 Å². The van der Waals surface area contributed by atoms with Crippen molar-refractivity contribution in [2.24, 2.45) is 0 Å². The van der Waals surface area contributed by atoms with E-state index in [0.717, 1.165) is 6.08 Å². The molecule has 4 heteroatoms. The standard InChI is InChI=1S/C4H6O2.C3H4O2/c1-3-2-4(5)6-3;1-2-3(4)5/h3H,2H2,1H3;2H,1H2,(H,4,5). The predicted molar refractivity (Wildman–Crippen MR) is 38.0 cm³/mol. The first-order valence-corrected chi connectivity index (χ1v) is 3.11. The van der Waals surface area contributed by atoms with Gasteiger partial charge in [-0.25, -0.2) is 4.79 Å². The second kappa shape index (κ2) is 4.49. The normalized spacial score (nSPS) is 20.1. The molecule has 0 radical (unpaired) electrons. The van der Waals surface area contributed by atoms with E-state index >= 15 is 0 Å². The van der Waals surface area contributed by atoms with Gasteiger partial charge in [0.15, 0.2) is 0 Å². The first kappa shape index (κ1) is 9.68. The van der Waals surface area contributed by atoms with Gasteiger partial charge in [-0.3, -0.25) is 4.79 Å². The minimum Gasteiger partial charge on any atom is -0.478 e. The van der Waals surface area contributed by atoms with Gasteiger partial charge in [0.25, 0.3) is 0 Å². The summed E-state index contributed by atoms with van der Waals surface area (Å²) >= 11 is 0. The fourth-order valence-electron chi connectivity index (χ4n) is 0.449. The Hall–Kier alpha value is -1.32. The quantitative estimate of drug-likeness (QED) is 0.447. The van der Waals surface area contributed by atoms with Crippen LogP contribution in [0.3, 0.4) is 0 Å². The highest BCUT2D eigenvalue weighted by Gasteiger charge is 2.22. The van der Waals surface area contributed by atoms with Gasteiger partial charge in [0, 0.05) is 6.08 Å². The lowest BCUT2D eigenvalue weighted by atomic mass is 10.2. The summed E-state index contributed by atoms with van der Waals surface area (Å²) in [7, 11) is 0. The Labute approximate surface area is 64.5 Å². The number of hydrogen-bond acceptors (Lipinski definition) is 3. The van der Waals surface area contributed by atoms with E-state index in [1.807, 2.05) is 6.92 Å². The Morgan fingerprint density at radius 2 is 2.27 bits per heavy atom. The largest absolute Gasteiger partial charge is 0.478 e. The number of rotatable bonds is 1. The molecule has 1 heterocycles. The number of aliphatic carboxylic acids is 1. The second-order valence-corrected chi connectivity index (χ2v) is 2.05. The molecule has 0 aromatic heterocycles. The van der Waals surface area contributed by atoms with Crippen LogP contribution in [0.25, 0.3) is 0 Å². The maximum absolute atomic E-state index is 9.89. The molecule has 0 aliphatic carbocycles. The summed E-state index contributed by atoms with van der Waals surface area (Å²) in [6, 6.07) is 0. The average Bonchev–Trinajstić information content (AvgIpc) is 1.87. The number of cyclic esters (lactones) is 1. The molecule has 4 nitrogen and oxygen atoms in total. The van der Waals surface area contributed by atoms with Gasteiger partial charge in [0.1, 0.15) is 6.10 Å². The zero-order chi connectivity index (χ0) is 8.85. The zero-order valence-electron chi connectivity index (χ0n) is 6.24. The van der Waals surface area contributed by atoms with Gasteiger partial charge in [-0.1, -0.05) is 6.58 Å². The van der Waals surface area contributed by atoms with Crippen molar-refractivity contribution in [2.75, 3.05) is 0 Å². The van der Waals surface area contributed by atoms with Crippen molar-refractivity contribution in [3.05, 3.63) is 12.7 Å². The highest BCUT2D eigenvalue weighted by Crippen LogP contribution is 2.10. The lowest BCUT2D eigenvalue weighted by Gasteiger charge is -2.20. The van der Waals surface area contributed by atoms with Crippen molar-refractivity contribution < 1.29 is 19.4 Å². The topological polar surface area (TPSA) is 63.6 Å². The minimum absolute atomic E-state index is 0.0671. The molecule has 1 N–H and O–H groups in total. The van der Waals surface area contributed by atoms with Crippen molar-refractivity contribution in [1.29, 1.82) is 0 Å². The van der Waals surface area contributed by atoms with Gasteiger partial charge in [-0.15, -0.1) is 0 Å². The summed E-state index contributed by atoms with van der Waals surface area (Å²) in [4.78, 5) is 19.1. The molecule has 0 spiro atoms. The first-order valence-electron chi connectivity index (χ1n) is 3.11. The van der Waals surface area contributed by atoms with E-state index in [1.54, 1.807) is 0 Å². The maximum Gasteiger partial charge on any atom is 0.327 e. The number of carbonyl (C=O) groups excluding carboxylic acids is 1. The average molecular weight is 158 g/mol. The molecule has 0 aromatic carbocycles. The van der Waals surface area contributed by atoms with Crippen LogP contribution in [0.4, 0.5) is 0 Å². The highest BCUT2D eigenvalue weighted by atomic mass is 16.6. The van der Waals surface area contributed by atoms with Gasteiger partial charge in [0.2, 0.25) is 0 Å². The van der Waals surface area contributed by atoms with E-state index in [-0.39, 0.29) is 12.1 Å². The predicted octanol–water partition coefficient (Wildman–Crippen LogP) is 0.579. The van der Waals surface area contributed by atoms with Gasteiger partial charge in [0.05, 0.1) is 6.42 Å². The number of carboxylic acids is 1. The Morgan fingerprint density at radius 1 is 1.91 bits per heavy atom. The van der Waals surface area contributed by atoms with Crippen LogP contribution >= 0.6 is 0 Å². The molecule has 0 aromatic rings.